The number of anilines is 1. The van der Waals surface area contributed by atoms with E-state index in [9.17, 15) is 23.2 Å². The number of nitrogens with one attached hydrogen (secondary N) is 2. The van der Waals surface area contributed by atoms with Gasteiger partial charge in [0.05, 0.1) is 17.7 Å². The molecule has 0 unspecified atom stereocenters. The molecule has 0 atom stereocenters. The summed E-state index contributed by atoms with van der Waals surface area (Å²) >= 11 is 1.26. The molecule has 1 aromatic heterocycles. The normalized spacial score (nSPS) is 13.1. The van der Waals surface area contributed by atoms with Crippen molar-refractivity contribution in [2.24, 2.45) is 0 Å². The molecule has 1 heterocycles. The molecular formula is C20H20F2N2O4S. The standard InChI is InChI=1S/C20H20F2N2O4S/c1-2-28-20(27)17-14(11-3-4-11)10-29-19(17)24-16(25)7-8-23-18(26)13-6-5-12(21)9-15(13)22/h5-6,9-11H,2-4,7-8H2,1H3,(H,23,26)(H,24,25). The molecule has 0 aliphatic heterocycles. The largest absolute Gasteiger partial charge is 0.462 e. The number of benzene rings is 1. The van der Waals surface area contributed by atoms with E-state index in [1.54, 1.807) is 6.92 Å². The predicted molar refractivity (Wildman–Crippen MR) is 104 cm³/mol. The highest BCUT2D eigenvalue weighted by atomic mass is 32.1. The summed E-state index contributed by atoms with van der Waals surface area (Å²) in [5, 5.41) is 7.39. The molecular weight excluding hydrogens is 402 g/mol. The molecule has 0 radical (unpaired) electrons. The lowest BCUT2D eigenvalue weighted by atomic mass is 10.1. The van der Waals surface area contributed by atoms with E-state index in [0.29, 0.717) is 22.5 Å². The van der Waals surface area contributed by atoms with Crippen LogP contribution < -0.4 is 10.6 Å². The van der Waals surface area contributed by atoms with Gasteiger partial charge in [0.2, 0.25) is 5.91 Å². The number of hydrogen-bond acceptors (Lipinski definition) is 5. The van der Waals surface area contributed by atoms with Gasteiger partial charge in [-0.3, -0.25) is 9.59 Å². The molecule has 1 aliphatic carbocycles. The van der Waals surface area contributed by atoms with E-state index in [0.717, 1.165) is 30.5 Å². The van der Waals surface area contributed by atoms with Gasteiger partial charge in [-0.05, 0) is 48.8 Å². The number of hydrogen-bond donors (Lipinski definition) is 2. The zero-order chi connectivity index (χ0) is 21.0. The summed E-state index contributed by atoms with van der Waals surface area (Å²) in [5.74, 6) is -3.05. The number of esters is 1. The average molecular weight is 422 g/mol. The van der Waals surface area contributed by atoms with E-state index < -0.39 is 29.4 Å². The number of thiophene rings is 1. The van der Waals surface area contributed by atoms with Crippen LogP contribution in [0, 0.1) is 11.6 Å². The lowest BCUT2D eigenvalue weighted by molar-refractivity contribution is -0.116. The maximum absolute atomic E-state index is 13.6. The van der Waals surface area contributed by atoms with Crippen molar-refractivity contribution in [3.63, 3.8) is 0 Å². The number of carbonyl (C=O) groups excluding carboxylic acids is 3. The minimum Gasteiger partial charge on any atom is -0.462 e. The smallest absolute Gasteiger partial charge is 0.341 e. The number of amides is 2. The van der Waals surface area contributed by atoms with Gasteiger partial charge in [0.1, 0.15) is 16.6 Å². The number of ether oxygens (including phenoxy) is 1. The molecule has 0 bridgehead atoms. The highest BCUT2D eigenvalue weighted by Gasteiger charge is 2.32. The van der Waals surface area contributed by atoms with Gasteiger partial charge in [-0.15, -0.1) is 11.3 Å². The molecule has 2 amide bonds. The SMILES string of the molecule is CCOC(=O)c1c(C2CC2)csc1NC(=O)CCNC(=O)c1ccc(F)cc1F. The zero-order valence-corrected chi connectivity index (χ0v) is 16.5. The third-order valence-corrected chi connectivity index (χ3v) is 5.30. The van der Waals surface area contributed by atoms with Crippen LogP contribution in [-0.4, -0.2) is 30.9 Å². The van der Waals surface area contributed by atoms with Gasteiger partial charge in [-0.25, -0.2) is 13.6 Å². The Bertz CT molecular complexity index is 941. The van der Waals surface area contributed by atoms with Crippen LogP contribution in [0.1, 0.15) is 58.4 Å². The second-order valence-electron chi connectivity index (χ2n) is 6.57. The Morgan fingerprint density at radius 1 is 1.24 bits per heavy atom. The fourth-order valence-electron chi connectivity index (χ4n) is 2.82. The van der Waals surface area contributed by atoms with Crippen molar-refractivity contribution in [2.45, 2.75) is 32.1 Å². The molecule has 0 spiro atoms. The molecule has 6 nitrogen and oxygen atoms in total. The quantitative estimate of drug-likeness (QED) is 0.633. The Kier molecular flexibility index (Phi) is 6.58. The minimum absolute atomic E-state index is 0.0446. The van der Waals surface area contributed by atoms with Crippen molar-refractivity contribution in [1.82, 2.24) is 5.32 Å². The van der Waals surface area contributed by atoms with Crippen molar-refractivity contribution in [1.29, 1.82) is 0 Å². The van der Waals surface area contributed by atoms with E-state index >= 15 is 0 Å². The van der Waals surface area contributed by atoms with Crippen LogP contribution in [0.2, 0.25) is 0 Å². The molecule has 2 N–H and O–H groups in total. The molecule has 1 fully saturated rings. The summed E-state index contributed by atoms with van der Waals surface area (Å²) in [5.41, 5.74) is 0.984. The Labute approximate surface area is 170 Å². The van der Waals surface area contributed by atoms with E-state index in [1.807, 2.05) is 5.38 Å². The second kappa shape index (κ2) is 9.13. The van der Waals surface area contributed by atoms with Crippen LogP contribution in [0.5, 0.6) is 0 Å². The third kappa shape index (κ3) is 5.17. The van der Waals surface area contributed by atoms with Gasteiger partial charge in [-0.2, -0.15) is 0 Å². The lowest BCUT2D eigenvalue weighted by Crippen LogP contribution is -2.28. The van der Waals surface area contributed by atoms with Crippen molar-refractivity contribution in [3.05, 3.63) is 51.9 Å². The molecule has 1 aromatic carbocycles. The third-order valence-electron chi connectivity index (χ3n) is 4.38. The molecule has 3 rings (SSSR count). The fourth-order valence-corrected chi connectivity index (χ4v) is 3.87. The van der Waals surface area contributed by atoms with Gasteiger partial charge < -0.3 is 15.4 Å². The summed E-state index contributed by atoms with van der Waals surface area (Å²) in [6, 6.07) is 2.64. The van der Waals surface area contributed by atoms with Gasteiger partial charge in [-0.1, -0.05) is 0 Å². The molecule has 2 aromatic rings. The van der Waals surface area contributed by atoms with Crippen LogP contribution in [0.25, 0.3) is 0 Å². The van der Waals surface area contributed by atoms with Crippen LogP contribution in [-0.2, 0) is 9.53 Å². The van der Waals surface area contributed by atoms with E-state index in [4.69, 9.17) is 4.74 Å². The monoisotopic (exact) mass is 422 g/mol. The zero-order valence-electron chi connectivity index (χ0n) is 15.7. The maximum atomic E-state index is 13.6. The fraction of sp³-hybridized carbons (Fsp3) is 0.350. The van der Waals surface area contributed by atoms with E-state index in [1.165, 1.54) is 11.3 Å². The number of rotatable bonds is 8. The second-order valence-corrected chi connectivity index (χ2v) is 7.45. The first-order chi connectivity index (χ1) is 13.9. The van der Waals surface area contributed by atoms with Gasteiger partial charge in [0.25, 0.3) is 5.91 Å². The Morgan fingerprint density at radius 3 is 2.66 bits per heavy atom. The Balaban J connectivity index is 1.57. The molecule has 1 aliphatic rings. The van der Waals surface area contributed by atoms with E-state index in [2.05, 4.69) is 10.6 Å². The first-order valence-corrected chi connectivity index (χ1v) is 10.1. The van der Waals surface area contributed by atoms with Crippen molar-refractivity contribution in [2.75, 3.05) is 18.5 Å². The molecule has 1 saturated carbocycles. The Hall–Kier alpha value is -2.81. The van der Waals surface area contributed by atoms with Crippen LogP contribution in [0.3, 0.4) is 0 Å². The summed E-state index contributed by atoms with van der Waals surface area (Å²) in [6.07, 6.45) is 1.93. The minimum atomic E-state index is -0.975. The molecule has 0 saturated heterocycles. The maximum Gasteiger partial charge on any atom is 0.341 e. The topological polar surface area (TPSA) is 84.5 Å². The van der Waals surface area contributed by atoms with Gasteiger partial charge in [0, 0.05) is 19.0 Å². The lowest BCUT2D eigenvalue weighted by Gasteiger charge is -2.09. The highest BCUT2D eigenvalue weighted by molar-refractivity contribution is 7.15. The first-order valence-electron chi connectivity index (χ1n) is 9.22. The number of carbonyl (C=O) groups is 3. The van der Waals surface area contributed by atoms with Crippen molar-refractivity contribution in [3.8, 4) is 0 Å². The van der Waals surface area contributed by atoms with Crippen molar-refractivity contribution < 1.29 is 27.9 Å². The van der Waals surface area contributed by atoms with Crippen LogP contribution >= 0.6 is 11.3 Å². The van der Waals surface area contributed by atoms with Crippen LogP contribution in [0.15, 0.2) is 23.6 Å². The first kappa shape index (κ1) is 20.9. The van der Waals surface area contributed by atoms with Gasteiger partial charge in [0.15, 0.2) is 0 Å². The highest BCUT2D eigenvalue weighted by Crippen LogP contribution is 2.46. The molecule has 29 heavy (non-hydrogen) atoms. The summed E-state index contributed by atoms with van der Waals surface area (Å²) in [7, 11) is 0. The summed E-state index contributed by atoms with van der Waals surface area (Å²) in [6.45, 7) is 1.90. The average Bonchev–Trinajstić information content (AvgIpc) is 3.42. The molecule has 9 heteroatoms. The molecule has 154 valence electrons. The number of halogens is 2. The van der Waals surface area contributed by atoms with E-state index in [-0.39, 0.29) is 25.1 Å². The van der Waals surface area contributed by atoms with Crippen molar-refractivity contribution >= 4 is 34.1 Å². The summed E-state index contributed by atoms with van der Waals surface area (Å²) < 4.78 is 31.6. The Morgan fingerprint density at radius 2 is 2.00 bits per heavy atom. The summed E-state index contributed by atoms with van der Waals surface area (Å²) in [4.78, 5) is 36.5. The predicted octanol–water partition coefficient (Wildman–Crippen LogP) is 3.84. The van der Waals surface area contributed by atoms with Crippen LogP contribution in [0.4, 0.5) is 13.8 Å². The van der Waals surface area contributed by atoms with Gasteiger partial charge >= 0.3 is 5.97 Å².